The quantitative estimate of drug-likeness (QED) is 0.281. The summed E-state index contributed by atoms with van der Waals surface area (Å²) >= 11 is 6.17. The van der Waals surface area contributed by atoms with E-state index in [1.165, 1.54) is 12.3 Å². The number of halogens is 1. The van der Waals surface area contributed by atoms with Gasteiger partial charge in [-0.25, -0.2) is 18.5 Å². The minimum atomic E-state index is -4.06. The lowest BCUT2D eigenvalue weighted by molar-refractivity contribution is -0.384. The molecule has 28 heavy (non-hydrogen) atoms. The second-order valence-electron chi connectivity index (χ2n) is 5.92. The Balaban J connectivity index is 1.90. The zero-order chi connectivity index (χ0) is 20.5. The number of primary sulfonamides is 1. The zero-order valence-corrected chi connectivity index (χ0v) is 16.0. The molecule has 0 unspecified atom stereocenters. The van der Waals surface area contributed by atoms with Gasteiger partial charge in [0.05, 0.1) is 21.6 Å². The number of aryl methyl sites for hydroxylation is 1. The van der Waals surface area contributed by atoms with E-state index in [4.69, 9.17) is 16.7 Å². The zero-order valence-electron chi connectivity index (χ0n) is 14.5. The fourth-order valence-electron chi connectivity index (χ4n) is 2.47. The highest BCUT2D eigenvalue weighted by atomic mass is 35.5. The van der Waals surface area contributed by atoms with E-state index in [1.54, 1.807) is 6.07 Å². The molecule has 0 fully saturated rings. The van der Waals surface area contributed by atoms with Crippen molar-refractivity contribution in [1.29, 1.82) is 0 Å². The number of anilines is 1. The number of fused-ring (bicyclic) bond motifs is 1. The lowest BCUT2D eigenvalue weighted by Gasteiger charge is -2.05. The molecule has 0 amide bonds. The number of nitro benzene ring substituents is 1. The minimum Gasteiger partial charge on any atom is -0.272 e. The van der Waals surface area contributed by atoms with Gasteiger partial charge in [-0.2, -0.15) is 5.10 Å². The molecule has 3 aromatic rings. The van der Waals surface area contributed by atoms with Crippen LogP contribution in [0.5, 0.6) is 0 Å². The summed E-state index contributed by atoms with van der Waals surface area (Å²) in [5.74, 6) is 0. The Kier molecular flexibility index (Phi) is 5.27. The molecule has 9 nitrogen and oxygen atoms in total. The van der Waals surface area contributed by atoms with Gasteiger partial charge in [-0.15, -0.1) is 0 Å². The van der Waals surface area contributed by atoms with Crippen LogP contribution in [0.2, 0.25) is 5.15 Å². The van der Waals surface area contributed by atoms with Gasteiger partial charge in [0.1, 0.15) is 10.8 Å². The molecule has 0 aliphatic carbocycles. The number of hydrogen-bond donors (Lipinski definition) is 2. The van der Waals surface area contributed by atoms with Crippen LogP contribution in [-0.4, -0.2) is 24.5 Å². The maximum Gasteiger partial charge on any atom is 0.295 e. The second-order valence-corrected chi connectivity index (χ2v) is 7.84. The van der Waals surface area contributed by atoms with Gasteiger partial charge in [-0.1, -0.05) is 23.7 Å². The molecule has 3 rings (SSSR count). The Morgan fingerprint density at radius 1 is 1.25 bits per heavy atom. The van der Waals surface area contributed by atoms with Gasteiger partial charge in [0.2, 0.25) is 10.0 Å². The fraction of sp³-hybridized carbons (Fsp3) is 0.0588. The number of nitrogens with one attached hydrogen (secondary N) is 1. The van der Waals surface area contributed by atoms with Crippen LogP contribution in [0.3, 0.4) is 0 Å². The average molecular weight is 420 g/mol. The number of benzene rings is 2. The van der Waals surface area contributed by atoms with Crippen LogP contribution in [0, 0.1) is 17.0 Å². The van der Waals surface area contributed by atoms with Crippen molar-refractivity contribution in [3.63, 3.8) is 0 Å². The van der Waals surface area contributed by atoms with E-state index < -0.39 is 20.6 Å². The molecule has 11 heteroatoms. The number of aromatic nitrogens is 1. The van der Waals surface area contributed by atoms with E-state index in [9.17, 15) is 18.5 Å². The van der Waals surface area contributed by atoms with Crippen LogP contribution >= 0.6 is 11.6 Å². The molecule has 0 saturated carbocycles. The van der Waals surface area contributed by atoms with Crippen molar-refractivity contribution in [2.24, 2.45) is 10.2 Å². The number of hydrazone groups is 1. The van der Waals surface area contributed by atoms with Crippen LogP contribution < -0.4 is 10.6 Å². The molecule has 0 atom stereocenters. The predicted octanol–water partition coefficient (Wildman–Crippen LogP) is 3.20. The molecular weight excluding hydrogens is 406 g/mol. The predicted molar refractivity (Wildman–Crippen MR) is 107 cm³/mol. The van der Waals surface area contributed by atoms with Crippen molar-refractivity contribution in [2.75, 3.05) is 5.43 Å². The number of nitrogens with two attached hydrogens (primary N) is 1. The van der Waals surface area contributed by atoms with Crippen molar-refractivity contribution < 1.29 is 13.3 Å². The molecule has 1 aromatic heterocycles. The standard InChI is InChI=1S/C17H14ClN5O4S/c1-10-2-3-11-7-12(17(18)21-15(11)6-10)9-20-22-14-5-4-13(28(19,26)27)8-16(14)23(24)25/h2-9,22H,1H3,(H2,19,26,27)/b20-9+. The average Bonchev–Trinajstić information content (AvgIpc) is 2.61. The second kappa shape index (κ2) is 7.50. The van der Waals surface area contributed by atoms with Crippen molar-refractivity contribution in [1.82, 2.24) is 4.98 Å². The molecule has 0 saturated heterocycles. The summed E-state index contributed by atoms with van der Waals surface area (Å²) in [5.41, 5.74) is 4.32. The Labute approximate surface area is 165 Å². The molecule has 0 radical (unpaired) electrons. The van der Waals surface area contributed by atoms with Gasteiger partial charge in [0.15, 0.2) is 0 Å². The molecule has 3 N–H and O–H groups in total. The number of pyridine rings is 1. The molecule has 144 valence electrons. The number of hydrogen-bond acceptors (Lipinski definition) is 7. The number of sulfonamides is 1. The van der Waals surface area contributed by atoms with Crippen molar-refractivity contribution in [3.8, 4) is 0 Å². The number of nitro groups is 1. The summed E-state index contributed by atoms with van der Waals surface area (Å²) in [4.78, 5) is 14.4. The first-order valence-electron chi connectivity index (χ1n) is 7.82. The summed E-state index contributed by atoms with van der Waals surface area (Å²) in [5, 5.41) is 21.2. The van der Waals surface area contributed by atoms with Gasteiger partial charge >= 0.3 is 0 Å². The molecule has 1 heterocycles. The van der Waals surface area contributed by atoms with Crippen LogP contribution in [0.4, 0.5) is 11.4 Å². The van der Waals surface area contributed by atoms with E-state index in [0.29, 0.717) is 5.56 Å². The Morgan fingerprint density at radius 3 is 2.68 bits per heavy atom. The fourth-order valence-corrected chi connectivity index (χ4v) is 3.19. The smallest absolute Gasteiger partial charge is 0.272 e. The Morgan fingerprint density at radius 2 is 2.00 bits per heavy atom. The maximum atomic E-state index is 11.4. The largest absolute Gasteiger partial charge is 0.295 e. The number of rotatable bonds is 5. The Bertz CT molecular complexity index is 1230. The minimum absolute atomic E-state index is 0.00542. The summed E-state index contributed by atoms with van der Waals surface area (Å²) in [7, 11) is -4.06. The SMILES string of the molecule is Cc1ccc2cc(/C=N/Nc3ccc(S(N)(=O)=O)cc3[N+](=O)[O-])c(Cl)nc2c1. The highest BCUT2D eigenvalue weighted by molar-refractivity contribution is 7.89. The van der Waals surface area contributed by atoms with Gasteiger partial charge in [-0.3, -0.25) is 15.5 Å². The van der Waals surface area contributed by atoms with Crippen LogP contribution in [0.15, 0.2) is 52.5 Å². The molecule has 0 bridgehead atoms. The van der Waals surface area contributed by atoms with Gasteiger partial charge < -0.3 is 0 Å². The lowest BCUT2D eigenvalue weighted by atomic mass is 10.1. The van der Waals surface area contributed by atoms with E-state index in [0.717, 1.165) is 28.6 Å². The van der Waals surface area contributed by atoms with Crippen molar-refractivity contribution in [2.45, 2.75) is 11.8 Å². The van der Waals surface area contributed by atoms with E-state index in [2.05, 4.69) is 15.5 Å². The third-order valence-corrected chi connectivity index (χ3v) is 5.05. The number of nitrogens with zero attached hydrogens (tertiary/aromatic N) is 3. The third kappa shape index (κ3) is 4.25. The summed E-state index contributed by atoms with van der Waals surface area (Å²) < 4.78 is 22.7. The summed E-state index contributed by atoms with van der Waals surface area (Å²) in [6, 6.07) is 10.7. The summed E-state index contributed by atoms with van der Waals surface area (Å²) in [6.45, 7) is 1.95. The van der Waals surface area contributed by atoms with Gasteiger partial charge in [0.25, 0.3) is 5.69 Å². The normalized spacial score (nSPS) is 11.8. The highest BCUT2D eigenvalue weighted by Crippen LogP contribution is 2.27. The van der Waals surface area contributed by atoms with Crippen LogP contribution in [0.1, 0.15) is 11.1 Å². The first kappa shape index (κ1) is 19.7. The third-order valence-electron chi connectivity index (χ3n) is 3.84. The topological polar surface area (TPSA) is 141 Å². The first-order valence-corrected chi connectivity index (χ1v) is 9.75. The maximum absolute atomic E-state index is 11.4. The van der Waals surface area contributed by atoms with Crippen LogP contribution in [-0.2, 0) is 10.0 Å². The van der Waals surface area contributed by atoms with E-state index in [-0.39, 0.29) is 15.7 Å². The molecule has 0 aliphatic heterocycles. The van der Waals surface area contributed by atoms with Crippen molar-refractivity contribution in [3.05, 3.63) is 68.9 Å². The van der Waals surface area contributed by atoms with Gasteiger partial charge in [0, 0.05) is 17.0 Å². The Hall–Kier alpha value is -3.08. The highest BCUT2D eigenvalue weighted by Gasteiger charge is 2.18. The summed E-state index contributed by atoms with van der Waals surface area (Å²) in [6.07, 6.45) is 1.37. The monoisotopic (exact) mass is 419 g/mol. The molecule has 0 spiro atoms. The molecule has 0 aliphatic rings. The van der Waals surface area contributed by atoms with Crippen molar-refractivity contribution >= 4 is 50.1 Å². The first-order chi connectivity index (χ1) is 13.1. The van der Waals surface area contributed by atoms with E-state index in [1.807, 2.05) is 25.1 Å². The molecule has 2 aromatic carbocycles. The lowest BCUT2D eigenvalue weighted by Crippen LogP contribution is -2.12. The molecular formula is C17H14ClN5O4S. The van der Waals surface area contributed by atoms with Gasteiger partial charge in [-0.05, 0) is 36.8 Å². The van der Waals surface area contributed by atoms with E-state index >= 15 is 0 Å². The van der Waals surface area contributed by atoms with Crippen LogP contribution in [0.25, 0.3) is 10.9 Å².